The minimum Gasteiger partial charge on any atom is -0.356 e. The highest BCUT2D eigenvalue weighted by Gasteiger charge is 2.10. The maximum Gasteiger partial charge on any atom is 0.0705 e. The van der Waals surface area contributed by atoms with E-state index in [0.29, 0.717) is 12.0 Å². The van der Waals surface area contributed by atoms with Gasteiger partial charge in [0.05, 0.1) is 5.02 Å². The summed E-state index contributed by atoms with van der Waals surface area (Å²) in [5.74, 6) is 0.714. The molecular formula is C15H21ClN2. The number of hydrogen-bond donors (Lipinski definition) is 2. The van der Waals surface area contributed by atoms with Gasteiger partial charge in [-0.3, -0.25) is 0 Å². The van der Waals surface area contributed by atoms with Crippen molar-refractivity contribution in [3.63, 3.8) is 0 Å². The van der Waals surface area contributed by atoms with Gasteiger partial charge in [-0.05, 0) is 25.3 Å². The summed E-state index contributed by atoms with van der Waals surface area (Å²) in [6.07, 6.45) is 1.18. The molecule has 1 aromatic carbocycles. The Hall–Kier alpha value is -0.990. The van der Waals surface area contributed by atoms with Crippen molar-refractivity contribution in [1.29, 1.82) is 0 Å². The topological polar surface area (TPSA) is 27.8 Å². The van der Waals surface area contributed by atoms with Gasteiger partial charge < -0.3 is 10.3 Å². The Morgan fingerprint density at radius 1 is 1.22 bits per heavy atom. The number of hydrogen-bond acceptors (Lipinski definition) is 1. The third kappa shape index (κ3) is 3.06. The standard InChI is InChI=1S/C15H21ClN2/c1-10(2)8-11(3)17-9-14-15(16)12-6-4-5-7-13(12)18-14/h4-7,10-11,17-18H,8-9H2,1-3H3. The number of aromatic amines is 1. The van der Waals surface area contributed by atoms with Crippen molar-refractivity contribution in [1.82, 2.24) is 10.3 Å². The van der Waals surface area contributed by atoms with Crippen LogP contribution in [-0.2, 0) is 6.54 Å². The lowest BCUT2D eigenvalue weighted by Crippen LogP contribution is -2.27. The van der Waals surface area contributed by atoms with E-state index in [1.807, 2.05) is 12.1 Å². The third-order valence-corrected chi connectivity index (χ3v) is 3.60. The highest BCUT2D eigenvalue weighted by atomic mass is 35.5. The van der Waals surface area contributed by atoms with Crippen molar-refractivity contribution in [2.75, 3.05) is 0 Å². The molecular weight excluding hydrogens is 244 g/mol. The van der Waals surface area contributed by atoms with Crippen LogP contribution in [0.1, 0.15) is 32.9 Å². The highest BCUT2D eigenvalue weighted by molar-refractivity contribution is 6.36. The van der Waals surface area contributed by atoms with Gasteiger partial charge in [0.15, 0.2) is 0 Å². The number of benzene rings is 1. The quantitative estimate of drug-likeness (QED) is 0.826. The van der Waals surface area contributed by atoms with Gasteiger partial charge in [-0.25, -0.2) is 0 Å². The number of halogens is 1. The summed E-state index contributed by atoms with van der Waals surface area (Å²) in [4.78, 5) is 3.38. The summed E-state index contributed by atoms with van der Waals surface area (Å²) in [7, 11) is 0. The first-order valence-electron chi connectivity index (χ1n) is 6.56. The fraction of sp³-hybridized carbons (Fsp3) is 0.467. The van der Waals surface area contributed by atoms with E-state index in [-0.39, 0.29) is 0 Å². The Morgan fingerprint density at radius 2 is 1.94 bits per heavy atom. The molecule has 2 aromatic rings. The minimum atomic E-state index is 0.507. The Bertz CT molecular complexity index is 516. The fourth-order valence-corrected chi connectivity index (χ4v) is 2.63. The second kappa shape index (κ2) is 5.77. The zero-order chi connectivity index (χ0) is 13.1. The number of fused-ring (bicyclic) bond motifs is 1. The molecule has 0 amide bonds. The number of para-hydroxylation sites is 1. The SMILES string of the molecule is CC(C)CC(C)NCc1[nH]c2ccccc2c1Cl. The molecule has 18 heavy (non-hydrogen) atoms. The summed E-state index contributed by atoms with van der Waals surface area (Å²) >= 11 is 6.38. The minimum absolute atomic E-state index is 0.507. The first-order chi connectivity index (χ1) is 8.58. The summed E-state index contributed by atoms with van der Waals surface area (Å²) in [6.45, 7) is 7.50. The zero-order valence-corrected chi connectivity index (χ0v) is 12.0. The van der Waals surface area contributed by atoms with Crippen molar-refractivity contribution in [3.05, 3.63) is 35.0 Å². The second-order valence-corrected chi connectivity index (χ2v) is 5.75. The maximum atomic E-state index is 6.38. The van der Waals surface area contributed by atoms with E-state index in [4.69, 9.17) is 11.6 Å². The average Bonchev–Trinajstić information content (AvgIpc) is 2.64. The van der Waals surface area contributed by atoms with Crippen LogP contribution in [0.25, 0.3) is 10.9 Å². The molecule has 0 aliphatic carbocycles. The fourth-order valence-electron chi connectivity index (χ4n) is 2.35. The van der Waals surface area contributed by atoms with E-state index in [1.54, 1.807) is 0 Å². The largest absolute Gasteiger partial charge is 0.356 e. The van der Waals surface area contributed by atoms with Crippen LogP contribution >= 0.6 is 11.6 Å². The third-order valence-electron chi connectivity index (χ3n) is 3.17. The molecule has 0 aliphatic heterocycles. The lowest BCUT2D eigenvalue weighted by Gasteiger charge is -2.15. The summed E-state index contributed by atoms with van der Waals surface area (Å²) in [6, 6.07) is 8.65. The molecule has 0 fully saturated rings. The van der Waals surface area contributed by atoms with Crippen molar-refractivity contribution in [2.24, 2.45) is 5.92 Å². The van der Waals surface area contributed by atoms with Crippen molar-refractivity contribution in [3.8, 4) is 0 Å². The van der Waals surface area contributed by atoms with E-state index in [1.165, 1.54) is 6.42 Å². The Balaban J connectivity index is 2.06. The molecule has 0 saturated carbocycles. The van der Waals surface area contributed by atoms with E-state index in [2.05, 4.69) is 43.2 Å². The molecule has 1 unspecified atom stereocenters. The molecule has 0 bridgehead atoms. The average molecular weight is 265 g/mol. The number of rotatable bonds is 5. The molecule has 98 valence electrons. The molecule has 0 aliphatic rings. The number of nitrogens with one attached hydrogen (secondary N) is 2. The Morgan fingerprint density at radius 3 is 2.61 bits per heavy atom. The lowest BCUT2D eigenvalue weighted by atomic mass is 10.1. The van der Waals surface area contributed by atoms with Gasteiger partial charge in [0, 0.05) is 29.2 Å². The van der Waals surface area contributed by atoms with Gasteiger partial charge in [-0.2, -0.15) is 0 Å². The van der Waals surface area contributed by atoms with Gasteiger partial charge in [-0.1, -0.05) is 43.6 Å². The summed E-state index contributed by atoms with van der Waals surface area (Å²) in [5.41, 5.74) is 2.18. The van der Waals surface area contributed by atoms with Crippen molar-refractivity contribution >= 4 is 22.5 Å². The van der Waals surface area contributed by atoms with Crippen LogP contribution in [0.5, 0.6) is 0 Å². The predicted octanol–water partition coefficient (Wildman–Crippen LogP) is 4.35. The van der Waals surface area contributed by atoms with Crippen molar-refractivity contribution in [2.45, 2.75) is 39.8 Å². The summed E-state index contributed by atoms with van der Waals surface area (Å²) < 4.78 is 0. The highest BCUT2D eigenvalue weighted by Crippen LogP contribution is 2.27. The summed E-state index contributed by atoms with van der Waals surface area (Å²) in [5, 5.41) is 5.46. The van der Waals surface area contributed by atoms with Gasteiger partial charge in [0.2, 0.25) is 0 Å². The van der Waals surface area contributed by atoms with Crippen LogP contribution in [0, 0.1) is 5.92 Å². The molecule has 1 heterocycles. The van der Waals surface area contributed by atoms with E-state index in [9.17, 15) is 0 Å². The first kappa shape index (κ1) is 13.4. The first-order valence-corrected chi connectivity index (χ1v) is 6.94. The lowest BCUT2D eigenvalue weighted by molar-refractivity contribution is 0.440. The smallest absolute Gasteiger partial charge is 0.0705 e. The Labute approximate surface area is 114 Å². The van der Waals surface area contributed by atoms with Crippen molar-refractivity contribution < 1.29 is 0 Å². The maximum absolute atomic E-state index is 6.38. The van der Waals surface area contributed by atoms with E-state index >= 15 is 0 Å². The molecule has 3 heteroatoms. The number of H-pyrrole nitrogens is 1. The molecule has 0 saturated heterocycles. The molecule has 0 radical (unpaired) electrons. The van der Waals surface area contributed by atoms with Crippen LogP contribution in [0.4, 0.5) is 0 Å². The van der Waals surface area contributed by atoms with Crippen LogP contribution < -0.4 is 5.32 Å². The predicted molar refractivity (Wildman–Crippen MR) is 79.1 cm³/mol. The van der Waals surface area contributed by atoms with Crippen LogP contribution in [-0.4, -0.2) is 11.0 Å². The molecule has 2 nitrogen and oxygen atoms in total. The second-order valence-electron chi connectivity index (χ2n) is 5.37. The molecule has 2 rings (SSSR count). The van der Waals surface area contributed by atoms with Gasteiger partial charge in [0.1, 0.15) is 0 Å². The van der Waals surface area contributed by atoms with Crippen LogP contribution in [0.2, 0.25) is 5.02 Å². The van der Waals surface area contributed by atoms with Gasteiger partial charge in [0.25, 0.3) is 0 Å². The molecule has 1 aromatic heterocycles. The van der Waals surface area contributed by atoms with E-state index in [0.717, 1.165) is 28.2 Å². The molecule has 1 atom stereocenters. The zero-order valence-electron chi connectivity index (χ0n) is 11.3. The van der Waals surface area contributed by atoms with Crippen LogP contribution in [0.15, 0.2) is 24.3 Å². The monoisotopic (exact) mass is 264 g/mol. The molecule has 0 spiro atoms. The normalized spacial score (nSPS) is 13.4. The Kier molecular flexibility index (Phi) is 4.31. The van der Waals surface area contributed by atoms with Crippen LogP contribution in [0.3, 0.4) is 0 Å². The number of aromatic nitrogens is 1. The molecule has 2 N–H and O–H groups in total. The van der Waals surface area contributed by atoms with E-state index < -0.39 is 0 Å². The van der Waals surface area contributed by atoms with Gasteiger partial charge >= 0.3 is 0 Å². The van der Waals surface area contributed by atoms with Gasteiger partial charge in [-0.15, -0.1) is 0 Å².